The molecule has 4 aromatic rings. The fourth-order valence-corrected chi connectivity index (χ4v) is 6.14. The molecule has 0 aliphatic carbocycles. The third kappa shape index (κ3) is 6.15. The highest BCUT2D eigenvalue weighted by molar-refractivity contribution is 7.92. The molecule has 0 fully saturated rings. The number of rotatable bonds is 10. The van der Waals surface area contributed by atoms with Crippen molar-refractivity contribution in [3.05, 3.63) is 84.2 Å². The second-order valence-electron chi connectivity index (χ2n) is 8.40. The summed E-state index contributed by atoms with van der Waals surface area (Å²) in [6.07, 6.45) is 0. The van der Waals surface area contributed by atoms with Crippen molar-refractivity contribution in [1.29, 1.82) is 0 Å². The summed E-state index contributed by atoms with van der Waals surface area (Å²) in [6, 6.07) is 19.4. The molecule has 0 aliphatic rings. The Kier molecular flexibility index (Phi) is 9.83. The van der Waals surface area contributed by atoms with Crippen LogP contribution in [0.5, 0.6) is 0 Å². The molecule has 11 heteroatoms. The Hall–Kier alpha value is -3.05. The number of likely N-dealkylation sites (N-methyl/N-ethyl adjacent to an activating group) is 1. The normalized spacial score (nSPS) is 11.4. The SMILES string of the molecule is CCN(CC)CCN(C(=O)c1ccc(S(=O)(=O)N(C)c2ccccc2)cc1)c1nc2c(F)cccc2s1.Cl. The molecule has 3 aromatic carbocycles. The lowest BCUT2D eigenvalue weighted by molar-refractivity contribution is 0.0983. The minimum Gasteiger partial charge on any atom is -0.302 e. The van der Waals surface area contributed by atoms with Crippen LogP contribution < -0.4 is 9.21 Å². The summed E-state index contributed by atoms with van der Waals surface area (Å²) in [5.41, 5.74) is 1.09. The smallest absolute Gasteiger partial charge is 0.264 e. The first-order valence-electron chi connectivity index (χ1n) is 12.0. The number of halogens is 2. The Morgan fingerprint density at radius 3 is 2.18 bits per heavy atom. The fourth-order valence-electron chi connectivity index (χ4n) is 3.94. The van der Waals surface area contributed by atoms with E-state index in [0.29, 0.717) is 34.2 Å². The molecule has 1 amide bonds. The molecule has 7 nitrogen and oxygen atoms in total. The maximum atomic E-state index is 14.3. The summed E-state index contributed by atoms with van der Waals surface area (Å²) in [6.45, 7) is 6.73. The van der Waals surface area contributed by atoms with Gasteiger partial charge in [-0.1, -0.05) is 49.4 Å². The summed E-state index contributed by atoms with van der Waals surface area (Å²) in [5, 5.41) is 0.401. The van der Waals surface area contributed by atoms with Gasteiger partial charge in [0, 0.05) is 25.7 Å². The van der Waals surface area contributed by atoms with Gasteiger partial charge in [0.15, 0.2) is 5.13 Å². The van der Waals surface area contributed by atoms with Gasteiger partial charge in [-0.2, -0.15) is 0 Å². The number of nitrogens with zero attached hydrogens (tertiary/aromatic N) is 4. The molecule has 0 saturated heterocycles. The largest absolute Gasteiger partial charge is 0.302 e. The number of fused-ring (bicyclic) bond motifs is 1. The predicted octanol–water partition coefficient (Wildman–Crippen LogP) is 5.67. The van der Waals surface area contributed by atoms with Crippen molar-refractivity contribution in [2.24, 2.45) is 0 Å². The van der Waals surface area contributed by atoms with Crippen LogP contribution in [0.15, 0.2) is 77.7 Å². The summed E-state index contributed by atoms with van der Waals surface area (Å²) in [5.74, 6) is -0.764. The standard InChI is InChI=1S/C27H29FN4O3S2.ClH/c1-4-31(5-2)18-19-32(27-29-25-23(28)12-9-13-24(25)36-27)26(33)20-14-16-22(17-15-20)37(34,35)30(3)21-10-7-6-8-11-21;/h6-17H,4-5,18-19H2,1-3H3;1H. The van der Waals surface area contributed by atoms with Gasteiger partial charge in [0.25, 0.3) is 15.9 Å². The molecule has 0 aliphatic heterocycles. The van der Waals surface area contributed by atoms with Crippen LogP contribution in [-0.4, -0.2) is 57.4 Å². The molecule has 0 atom stereocenters. The van der Waals surface area contributed by atoms with Crippen molar-refractivity contribution < 1.29 is 17.6 Å². The van der Waals surface area contributed by atoms with Gasteiger partial charge >= 0.3 is 0 Å². The molecule has 4 rings (SSSR count). The molecular formula is C27H30ClFN4O3S2. The number of carbonyl (C=O) groups excluding carboxylic acids is 1. The number of hydrogen-bond donors (Lipinski definition) is 0. The molecule has 0 bridgehead atoms. The van der Waals surface area contributed by atoms with Crippen molar-refractivity contribution in [3.8, 4) is 0 Å². The molecule has 0 spiro atoms. The quantitative estimate of drug-likeness (QED) is 0.243. The molecular weight excluding hydrogens is 547 g/mol. The van der Waals surface area contributed by atoms with E-state index in [-0.39, 0.29) is 28.7 Å². The highest BCUT2D eigenvalue weighted by atomic mass is 35.5. The molecule has 1 aromatic heterocycles. The maximum absolute atomic E-state index is 14.3. The van der Waals surface area contributed by atoms with Gasteiger partial charge in [-0.05, 0) is 61.6 Å². The fraction of sp³-hybridized carbons (Fsp3) is 0.259. The van der Waals surface area contributed by atoms with Crippen molar-refractivity contribution in [2.45, 2.75) is 18.7 Å². The minimum atomic E-state index is -3.81. The number of thiazole rings is 1. The number of para-hydroxylation sites is 2. The number of anilines is 2. The van der Waals surface area contributed by atoms with Crippen LogP contribution in [0.1, 0.15) is 24.2 Å². The van der Waals surface area contributed by atoms with Crippen LogP contribution in [0.25, 0.3) is 10.2 Å². The van der Waals surface area contributed by atoms with Crippen LogP contribution in [0, 0.1) is 5.82 Å². The van der Waals surface area contributed by atoms with E-state index in [1.54, 1.807) is 41.3 Å². The zero-order valence-corrected chi connectivity index (χ0v) is 23.8. The van der Waals surface area contributed by atoms with Crippen LogP contribution in [-0.2, 0) is 10.0 Å². The number of amides is 1. The first-order valence-corrected chi connectivity index (χ1v) is 14.2. The third-order valence-corrected chi connectivity index (χ3v) is 9.09. The van der Waals surface area contributed by atoms with E-state index in [4.69, 9.17) is 0 Å². The van der Waals surface area contributed by atoms with Crippen molar-refractivity contribution in [2.75, 3.05) is 42.4 Å². The number of hydrogen-bond acceptors (Lipinski definition) is 6. The first kappa shape index (κ1) is 29.5. The Bertz CT molecular complexity index is 1480. The molecule has 38 heavy (non-hydrogen) atoms. The molecule has 0 radical (unpaired) electrons. The Morgan fingerprint density at radius 1 is 0.921 bits per heavy atom. The van der Waals surface area contributed by atoms with Crippen molar-refractivity contribution >= 4 is 60.7 Å². The summed E-state index contributed by atoms with van der Waals surface area (Å²) in [4.78, 5) is 21.9. The van der Waals surface area contributed by atoms with E-state index >= 15 is 0 Å². The van der Waals surface area contributed by atoms with Crippen molar-refractivity contribution in [1.82, 2.24) is 9.88 Å². The molecule has 0 unspecified atom stereocenters. The Labute approximate surface area is 233 Å². The van der Waals surface area contributed by atoms with E-state index in [9.17, 15) is 17.6 Å². The second kappa shape index (κ2) is 12.7. The second-order valence-corrected chi connectivity index (χ2v) is 11.4. The van der Waals surface area contributed by atoms with Gasteiger partial charge in [0.2, 0.25) is 0 Å². The van der Waals surface area contributed by atoms with Crippen LogP contribution in [0.2, 0.25) is 0 Å². The molecule has 0 N–H and O–H groups in total. The lowest BCUT2D eigenvalue weighted by atomic mass is 10.2. The highest BCUT2D eigenvalue weighted by Crippen LogP contribution is 2.31. The van der Waals surface area contributed by atoms with Gasteiger partial charge in [0.05, 0.1) is 15.3 Å². The molecule has 202 valence electrons. The highest BCUT2D eigenvalue weighted by Gasteiger charge is 2.25. The van der Waals surface area contributed by atoms with Gasteiger partial charge in [0.1, 0.15) is 11.3 Å². The lowest BCUT2D eigenvalue weighted by Crippen LogP contribution is -2.38. The number of aromatic nitrogens is 1. The average molecular weight is 577 g/mol. The molecule has 1 heterocycles. The zero-order valence-electron chi connectivity index (χ0n) is 21.4. The monoisotopic (exact) mass is 576 g/mol. The maximum Gasteiger partial charge on any atom is 0.264 e. The van der Waals surface area contributed by atoms with E-state index < -0.39 is 15.8 Å². The third-order valence-electron chi connectivity index (χ3n) is 6.25. The lowest BCUT2D eigenvalue weighted by Gasteiger charge is -2.25. The van der Waals surface area contributed by atoms with Crippen LogP contribution in [0.3, 0.4) is 0 Å². The number of sulfonamides is 1. The first-order chi connectivity index (χ1) is 17.8. The van der Waals surface area contributed by atoms with Gasteiger partial charge in [-0.15, -0.1) is 12.4 Å². The molecule has 0 saturated carbocycles. The number of benzene rings is 3. The summed E-state index contributed by atoms with van der Waals surface area (Å²) >= 11 is 1.25. The van der Waals surface area contributed by atoms with E-state index in [0.717, 1.165) is 13.1 Å². The Morgan fingerprint density at radius 2 is 1.58 bits per heavy atom. The minimum absolute atomic E-state index is 0. The zero-order chi connectivity index (χ0) is 26.6. The van der Waals surface area contributed by atoms with E-state index in [1.807, 2.05) is 19.9 Å². The average Bonchev–Trinajstić information content (AvgIpc) is 3.36. The van der Waals surface area contributed by atoms with E-state index in [2.05, 4.69) is 9.88 Å². The topological polar surface area (TPSA) is 73.8 Å². The Balaban J connectivity index is 0.00000400. The van der Waals surface area contributed by atoms with Gasteiger partial charge in [-0.25, -0.2) is 17.8 Å². The number of carbonyl (C=O) groups is 1. The predicted molar refractivity (Wildman–Crippen MR) is 155 cm³/mol. The summed E-state index contributed by atoms with van der Waals surface area (Å²) < 4.78 is 42.4. The summed E-state index contributed by atoms with van der Waals surface area (Å²) in [7, 11) is -2.32. The van der Waals surface area contributed by atoms with Gasteiger partial charge in [-0.3, -0.25) is 14.0 Å². The van der Waals surface area contributed by atoms with Crippen molar-refractivity contribution in [3.63, 3.8) is 0 Å². The van der Waals surface area contributed by atoms with Crippen LogP contribution >= 0.6 is 23.7 Å². The van der Waals surface area contributed by atoms with Crippen LogP contribution in [0.4, 0.5) is 15.2 Å². The van der Waals surface area contributed by atoms with Gasteiger partial charge < -0.3 is 4.90 Å². The van der Waals surface area contributed by atoms with E-state index in [1.165, 1.54) is 53.0 Å².